The van der Waals surface area contributed by atoms with Gasteiger partial charge in [-0.3, -0.25) is 9.98 Å². The van der Waals surface area contributed by atoms with E-state index in [-0.39, 0.29) is 12.1 Å². The van der Waals surface area contributed by atoms with Gasteiger partial charge in [0.25, 0.3) is 0 Å². The van der Waals surface area contributed by atoms with Crippen molar-refractivity contribution in [2.24, 2.45) is 4.99 Å². The number of aryl methyl sites for hydroxylation is 1. The van der Waals surface area contributed by atoms with Crippen molar-refractivity contribution in [2.45, 2.75) is 45.3 Å². The number of halogens is 1. The summed E-state index contributed by atoms with van der Waals surface area (Å²) in [6.07, 6.45) is 2.99. The standard InChI is InChI=1S/C24H25ClN4S/c1-4-18-14-30-24-27-22(21-7-5-6-12-26-21)23(29(18)24)20-13-15(2)28(16(20)3)19-10-8-17(25)9-11-19/h5-13,18,22-23H,4,14H2,1-3H3. The van der Waals surface area contributed by atoms with Gasteiger partial charge in [-0.2, -0.15) is 0 Å². The van der Waals surface area contributed by atoms with Crippen molar-refractivity contribution in [3.8, 4) is 5.69 Å². The van der Waals surface area contributed by atoms with Gasteiger partial charge in [-0.15, -0.1) is 0 Å². The Morgan fingerprint density at radius 3 is 2.63 bits per heavy atom. The first-order valence-corrected chi connectivity index (χ1v) is 11.8. The van der Waals surface area contributed by atoms with Gasteiger partial charge in [0.1, 0.15) is 6.04 Å². The molecule has 2 aliphatic heterocycles. The van der Waals surface area contributed by atoms with E-state index in [1.165, 1.54) is 22.1 Å². The van der Waals surface area contributed by atoms with Crippen molar-refractivity contribution in [3.63, 3.8) is 0 Å². The van der Waals surface area contributed by atoms with Gasteiger partial charge in [0.05, 0.1) is 11.7 Å². The maximum atomic E-state index is 6.13. The topological polar surface area (TPSA) is 33.4 Å². The SMILES string of the molecule is CCC1CSC2=NC(c3ccccn3)C(c3cc(C)n(-c4ccc(Cl)cc4)c3C)N21. The summed E-state index contributed by atoms with van der Waals surface area (Å²) >= 11 is 8.01. The third-order valence-electron chi connectivity index (χ3n) is 6.20. The third kappa shape index (κ3) is 3.15. The number of rotatable bonds is 4. The number of hydrogen-bond acceptors (Lipinski definition) is 4. The molecule has 5 rings (SSSR count). The predicted molar refractivity (Wildman–Crippen MR) is 126 cm³/mol. The smallest absolute Gasteiger partial charge is 0.160 e. The maximum Gasteiger partial charge on any atom is 0.160 e. The highest BCUT2D eigenvalue weighted by atomic mass is 35.5. The van der Waals surface area contributed by atoms with Crippen molar-refractivity contribution in [2.75, 3.05) is 5.75 Å². The lowest BCUT2D eigenvalue weighted by Crippen LogP contribution is -2.35. The first-order valence-electron chi connectivity index (χ1n) is 10.4. The first-order chi connectivity index (χ1) is 14.6. The molecule has 0 radical (unpaired) electrons. The van der Waals surface area contributed by atoms with Crippen LogP contribution in [0.15, 0.2) is 59.7 Å². The first kappa shape index (κ1) is 19.7. The van der Waals surface area contributed by atoms with Crippen LogP contribution in [0.2, 0.25) is 5.02 Å². The van der Waals surface area contributed by atoms with E-state index in [1.807, 2.05) is 36.2 Å². The molecule has 2 aliphatic rings. The average molecular weight is 437 g/mol. The molecule has 0 bridgehead atoms. The Balaban J connectivity index is 1.63. The molecule has 4 heterocycles. The van der Waals surface area contributed by atoms with Crippen LogP contribution in [0.5, 0.6) is 0 Å². The third-order valence-corrected chi connectivity index (χ3v) is 7.58. The molecule has 6 heteroatoms. The lowest BCUT2D eigenvalue weighted by atomic mass is 9.95. The van der Waals surface area contributed by atoms with E-state index in [0.717, 1.165) is 28.6 Å². The second kappa shape index (κ2) is 7.78. The van der Waals surface area contributed by atoms with Gasteiger partial charge in [0, 0.05) is 40.1 Å². The Morgan fingerprint density at radius 1 is 1.13 bits per heavy atom. The van der Waals surface area contributed by atoms with Crippen LogP contribution >= 0.6 is 23.4 Å². The summed E-state index contributed by atoms with van der Waals surface area (Å²) in [6.45, 7) is 6.67. The maximum absolute atomic E-state index is 6.13. The monoisotopic (exact) mass is 436 g/mol. The number of hydrogen-bond donors (Lipinski definition) is 0. The summed E-state index contributed by atoms with van der Waals surface area (Å²) in [7, 11) is 0. The van der Waals surface area contributed by atoms with Crippen molar-refractivity contribution in [1.29, 1.82) is 0 Å². The van der Waals surface area contributed by atoms with Crippen LogP contribution in [0.1, 0.15) is 48.1 Å². The van der Waals surface area contributed by atoms with E-state index < -0.39 is 0 Å². The number of aromatic nitrogens is 2. The molecule has 154 valence electrons. The second-order valence-electron chi connectivity index (χ2n) is 7.97. The number of nitrogens with zero attached hydrogens (tertiary/aromatic N) is 4. The Morgan fingerprint density at radius 2 is 1.93 bits per heavy atom. The van der Waals surface area contributed by atoms with E-state index in [0.29, 0.717) is 6.04 Å². The van der Waals surface area contributed by atoms with Crippen molar-refractivity contribution in [1.82, 2.24) is 14.5 Å². The molecular weight excluding hydrogens is 412 g/mol. The normalized spacial score (nSPS) is 23.0. The Kier molecular flexibility index (Phi) is 5.11. The molecule has 3 unspecified atom stereocenters. The summed E-state index contributed by atoms with van der Waals surface area (Å²) in [4.78, 5) is 12.4. The van der Waals surface area contributed by atoms with Crippen molar-refractivity contribution < 1.29 is 0 Å². The lowest BCUT2D eigenvalue weighted by Gasteiger charge is -2.32. The van der Waals surface area contributed by atoms with E-state index in [4.69, 9.17) is 16.6 Å². The Bertz CT molecular complexity index is 1090. The van der Waals surface area contributed by atoms with E-state index in [1.54, 1.807) is 0 Å². The van der Waals surface area contributed by atoms with Gasteiger partial charge in [-0.1, -0.05) is 36.4 Å². The lowest BCUT2D eigenvalue weighted by molar-refractivity contribution is 0.254. The number of thioether (sulfide) groups is 1. The Hall–Kier alpha value is -2.24. The number of benzene rings is 1. The summed E-state index contributed by atoms with van der Waals surface area (Å²) in [6, 6.07) is 17.2. The van der Waals surface area contributed by atoms with Crippen LogP contribution < -0.4 is 0 Å². The molecule has 30 heavy (non-hydrogen) atoms. The summed E-state index contributed by atoms with van der Waals surface area (Å²) in [5, 5.41) is 1.92. The fourth-order valence-electron chi connectivity index (χ4n) is 4.76. The molecule has 2 aromatic heterocycles. The highest BCUT2D eigenvalue weighted by Crippen LogP contribution is 2.49. The van der Waals surface area contributed by atoms with Crippen LogP contribution in [0, 0.1) is 13.8 Å². The van der Waals surface area contributed by atoms with Crippen LogP contribution in [0.25, 0.3) is 5.69 Å². The highest BCUT2D eigenvalue weighted by molar-refractivity contribution is 8.14. The van der Waals surface area contributed by atoms with E-state index in [2.05, 4.69) is 65.6 Å². The molecule has 1 saturated heterocycles. The van der Waals surface area contributed by atoms with Crippen molar-refractivity contribution in [3.05, 3.63) is 82.4 Å². The van der Waals surface area contributed by atoms with E-state index in [9.17, 15) is 0 Å². The minimum absolute atomic E-state index is 0.0159. The molecule has 1 fully saturated rings. The van der Waals surface area contributed by atoms with Gasteiger partial charge in [-0.05, 0) is 68.3 Å². The second-order valence-corrected chi connectivity index (χ2v) is 9.40. The number of amidine groups is 1. The molecule has 0 amide bonds. The summed E-state index contributed by atoms with van der Waals surface area (Å²) < 4.78 is 2.32. The minimum Gasteiger partial charge on any atom is -0.338 e. The fraction of sp³-hybridized carbons (Fsp3) is 0.333. The number of fused-ring (bicyclic) bond motifs is 1. The molecule has 0 spiro atoms. The van der Waals surface area contributed by atoms with Gasteiger partial charge in [0.2, 0.25) is 0 Å². The van der Waals surface area contributed by atoms with Gasteiger partial charge < -0.3 is 9.47 Å². The predicted octanol–water partition coefficient (Wildman–Crippen LogP) is 6.12. The highest BCUT2D eigenvalue weighted by Gasteiger charge is 2.46. The molecule has 0 aliphatic carbocycles. The zero-order chi connectivity index (χ0) is 20.8. The van der Waals surface area contributed by atoms with Crippen molar-refractivity contribution >= 4 is 28.5 Å². The molecule has 3 atom stereocenters. The Labute approximate surface area is 187 Å². The minimum atomic E-state index is 0.0159. The van der Waals surface area contributed by atoms with Gasteiger partial charge in [-0.25, -0.2) is 0 Å². The van der Waals surface area contributed by atoms with Crippen LogP contribution in [-0.2, 0) is 0 Å². The van der Waals surface area contributed by atoms with Gasteiger partial charge in [0.15, 0.2) is 5.17 Å². The summed E-state index contributed by atoms with van der Waals surface area (Å²) in [5.41, 5.74) is 5.98. The quantitative estimate of drug-likeness (QED) is 0.493. The number of aliphatic imine (C=N–C) groups is 1. The fourth-order valence-corrected chi connectivity index (χ4v) is 6.22. The number of pyridine rings is 1. The average Bonchev–Trinajstić information content (AvgIpc) is 3.41. The van der Waals surface area contributed by atoms with Crippen LogP contribution in [0.3, 0.4) is 0 Å². The molecular formula is C24H25ClN4S. The molecule has 0 saturated carbocycles. The zero-order valence-electron chi connectivity index (χ0n) is 17.4. The molecule has 0 N–H and O–H groups in total. The van der Waals surface area contributed by atoms with Crippen LogP contribution in [-0.4, -0.2) is 31.4 Å². The van der Waals surface area contributed by atoms with E-state index >= 15 is 0 Å². The van der Waals surface area contributed by atoms with Gasteiger partial charge >= 0.3 is 0 Å². The summed E-state index contributed by atoms with van der Waals surface area (Å²) in [5.74, 6) is 1.11. The molecule has 4 nitrogen and oxygen atoms in total. The largest absolute Gasteiger partial charge is 0.338 e. The zero-order valence-corrected chi connectivity index (χ0v) is 19.0. The molecule has 3 aromatic rings. The molecule has 1 aromatic carbocycles. The van der Waals surface area contributed by atoms with Crippen LogP contribution in [0.4, 0.5) is 0 Å².